The van der Waals surface area contributed by atoms with E-state index >= 15 is 0 Å². The Bertz CT molecular complexity index is 361. The Morgan fingerprint density at radius 2 is 2.12 bits per heavy atom. The number of methoxy groups -OCH3 is 1. The normalized spacial score (nSPS) is 13.9. The standard InChI is InChI=1S/C13H16O2S/c1-4-10-13(2,12(14)15-3)16-11-8-6-5-7-9-11/h4-9H,1,10H2,2-3H3. The van der Waals surface area contributed by atoms with Gasteiger partial charge in [-0.1, -0.05) is 24.3 Å². The molecule has 0 amide bonds. The number of rotatable bonds is 5. The highest BCUT2D eigenvalue weighted by atomic mass is 32.2. The molecule has 0 fully saturated rings. The molecule has 0 N–H and O–H groups in total. The Balaban J connectivity index is 2.87. The topological polar surface area (TPSA) is 26.3 Å². The minimum absolute atomic E-state index is 0.221. The zero-order valence-corrected chi connectivity index (χ0v) is 10.4. The lowest BCUT2D eigenvalue weighted by atomic mass is 10.1. The van der Waals surface area contributed by atoms with Crippen molar-refractivity contribution in [3.8, 4) is 0 Å². The second-order valence-corrected chi connectivity index (χ2v) is 5.21. The Morgan fingerprint density at radius 3 is 2.62 bits per heavy atom. The van der Waals surface area contributed by atoms with E-state index < -0.39 is 4.75 Å². The summed E-state index contributed by atoms with van der Waals surface area (Å²) >= 11 is 1.50. The fourth-order valence-corrected chi connectivity index (χ4v) is 2.59. The van der Waals surface area contributed by atoms with Crippen LogP contribution in [-0.4, -0.2) is 17.8 Å². The van der Waals surface area contributed by atoms with E-state index in [2.05, 4.69) is 6.58 Å². The van der Waals surface area contributed by atoms with Crippen molar-refractivity contribution >= 4 is 17.7 Å². The highest BCUT2D eigenvalue weighted by Gasteiger charge is 2.34. The van der Waals surface area contributed by atoms with E-state index in [4.69, 9.17) is 4.74 Å². The summed E-state index contributed by atoms with van der Waals surface area (Å²) < 4.78 is 4.23. The lowest BCUT2D eigenvalue weighted by molar-refractivity contribution is -0.142. The highest BCUT2D eigenvalue weighted by molar-refractivity contribution is 8.01. The van der Waals surface area contributed by atoms with E-state index in [0.717, 1.165) is 4.90 Å². The zero-order valence-electron chi connectivity index (χ0n) is 9.60. The number of benzene rings is 1. The molecule has 3 heteroatoms. The first kappa shape index (κ1) is 12.8. The molecule has 0 radical (unpaired) electrons. The average molecular weight is 236 g/mol. The largest absolute Gasteiger partial charge is 0.468 e. The van der Waals surface area contributed by atoms with E-state index in [9.17, 15) is 4.79 Å². The molecule has 0 aromatic heterocycles. The average Bonchev–Trinajstić information content (AvgIpc) is 2.29. The molecule has 1 aromatic carbocycles. The molecule has 0 aliphatic heterocycles. The smallest absolute Gasteiger partial charge is 0.322 e. The van der Waals surface area contributed by atoms with E-state index in [1.165, 1.54) is 18.9 Å². The molecule has 0 bridgehead atoms. The van der Waals surface area contributed by atoms with Crippen LogP contribution < -0.4 is 0 Å². The number of esters is 1. The van der Waals surface area contributed by atoms with Crippen molar-refractivity contribution in [1.29, 1.82) is 0 Å². The molecule has 0 saturated heterocycles. The van der Waals surface area contributed by atoms with Crippen molar-refractivity contribution in [3.63, 3.8) is 0 Å². The van der Waals surface area contributed by atoms with Crippen LogP contribution in [0.25, 0.3) is 0 Å². The van der Waals surface area contributed by atoms with Crippen molar-refractivity contribution < 1.29 is 9.53 Å². The summed E-state index contributed by atoms with van der Waals surface area (Å²) in [5.74, 6) is -0.221. The minimum atomic E-state index is -0.599. The lowest BCUT2D eigenvalue weighted by Crippen LogP contribution is -2.32. The predicted octanol–water partition coefficient (Wildman–Crippen LogP) is 3.29. The van der Waals surface area contributed by atoms with Gasteiger partial charge in [0, 0.05) is 4.90 Å². The van der Waals surface area contributed by atoms with Gasteiger partial charge in [-0.3, -0.25) is 4.79 Å². The van der Waals surface area contributed by atoms with Crippen LogP contribution >= 0.6 is 11.8 Å². The van der Waals surface area contributed by atoms with Crippen LogP contribution in [0.2, 0.25) is 0 Å². The van der Waals surface area contributed by atoms with Crippen LogP contribution in [-0.2, 0) is 9.53 Å². The van der Waals surface area contributed by atoms with Gasteiger partial charge in [0.05, 0.1) is 7.11 Å². The third-order valence-corrected chi connectivity index (χ3v) is 3.53. The summed E-state index contributed by atoms with van der Waals surface area (Å²) in [5, 5.41) is 0. The number of thioether (sulfide) groups is 1. The Hall–Kier alpha value is -1.22. The van der Waals surface area contributed by atoms with Crippen LogP contribution in [0.4, 0.5) is 0 Å². The minimum Gasteiger partial charge on any atom is -0.468 e. The SMILES string of the molecule is C=CCC(C)(Sc1ccccc1)C(=O)OC. The molecule has 16 heavy (non-hydrogen) atoms. The van der Waals surface area contributed by atoms with Gasteiger partial charge in [-0.25, -0.2) is 0 Å². The number of carbonyl (C=O) groups excluding carboxylic acids is 1. The third-order valence-electron chi connectivity index (χ3n) is 2.24. The number of hydrogen-bond donors (Lipinski definition) is 0. The van der Waals surface area contributed by atoms with Crippen molar-refractivity contribution in [2.75, 3.05) is 7.11 Å². The van der Waals surface area contributed by atoms with E-state index in [0.29, 0.717) is 6.42 Å². The zero-order chi connectivity index (χ0) is 12.0. The van der Waals surface area contributed by atoms with Gasteiger partial charge in [-0.15, -0.1) is 18.3 Å². The quantitative estimate of drug-likeness (QED) is 0.446. The summed E-state index contributed by atoms with van der Waals surface area (Å²) in [7, 11) is 1.41. The van der Waals surface area contributed by atoms with Gasteiger partial charge >= 0.3 is 5.97 Å². The molecule has 1 rings (SSSR count). The molecule has 0 heterocycles. The summed E-state index contributed by atoms with van der Waals surface area (Å²) in [6.07, 6.45) is 2.33. The van der Waals surface area contributed by atoms with Gasteiger partial charge in [0.15, 0.2) is 0 Å². The molecule has 0 aliphatic rings. The molecular weight excluding hydrogens is 220 g/mol. The van der Waals surface area contributed by atoms with Gasteiger partial charge in [0.1, 0.15) is 4.75 Å². The first-order valence-corrected chi connectivity index (χ1v) is 5.87. The molecule has 1 atom stereocenters. The first-order valence-electron chi connectivity index (χ1n) is 5.06. The van der Waals surface area contributed by atoms with Gasteiger partial charge in [0.2, 0.25) is 0 Å². The lowest BCUT2D eigenvalue weighted by Gasteiger charge is -2.24. The van der Waals surface area contributed by atoms with Crippen LogP contribution in [0, 0.1) is 0 Å². The maximum absolute atomic E-state index is 11.7. The van der Waals surface area contributed by atoms with Crippen LogP contribution in [0.3, 0.4) is 0 Å². The van der Waals surface area contributed by atoms with Crippen LogP contribution in [0.15, 0.2) is 47.9 Å². The number of ether oxygens (including phenoxy) is 1. The summed E-state index contributed by atoms with van der Waals surface area (Å²) in [6, 6.07) is 9.82. The van der Waals surface area contributed by atoms with Gasteiger partial charge in [-0.2, -0.15) is 0 Å². The Labute approximate surface area is 101 Å². The number of allylic oxidation sites excluding steroid dienone is 1. The fraction of sp³-hybridized carbons (Fsp3) is 0.308. The molecule has 2 nitrogen and oxygen atoms in total. The van der Waals surface area contributed by atoms with Crippen LogP contribution in [0.5, 0.6) is 0 Å². The molecule has 0 aliphatic carbocycles. The number of carbonyl (C=O) groups is 1. The maximum Gasteiger partial charge on any atom is 0.322 e. The molecule has 1 aromatic rings. The fourth-order valence-electron chi connectivity index (χ4n) is 1.41. The van der Waals surface area contributed by atoms with E-state index in [1.807, 2.05) is 37.3 Å². The Kier molecular flexibility index (Phi) is 4.62. The second-order valence-electron chi connectivity index (χ2n) is 3.63. The van der Waals surface area contributed by atoms with Crippen molar-refractivity contribution in [2.45, 2.75) is 23.0 Å². The van der Waals surface area contributed by atoms with Crippen LogP contribution in [0.1, 0.15) is 13.3 Å². The Morgan fingerprint density at radius 1 is 1.50 bits per heavy atom. The predicted molar refractivity (Wildman–Crippen MR) is 67.5 cm³/mol. The van der Waals surface area contributed by atoms with Crippen molar-refractivity contribution in [2.24, 2.45) is 0 Å². The van der Waals surface area contributed by atoms with E-state index in [1.54, 1.807) is 6.08 Å². The third kappa shape index (κ3) is 3.14. The molecule has 86 valence electrons. The first-order chi connectivity index (χ1) is 7.62. The molecule has 1 unspecified atom stereocenters. The van der Waals surface area contributed by atoms with Crippen molar-refractivity contribution in [3.05, 3.63) is 43.0 Å². The summed E-state index contributed by atoms with van der Waals surface area (Å²) in [5.41, 5.74) is 0. The molecule has 0 spiro atoms. The van der Waals surface area contributed by atoms with Gasteiger partial charge in [-0.05, 0) is 25.5 Å². The molecular formula is C13H16O2S. The van der Waals surface area contributed by atoms with Gasteiger partial charge in [0.25, 0.3) is 0 Å². The second kappa shape index (κ2) is 5.75. The summed E-state index contributed by atoms with van der Waals surface area (Å²) in [6.45, 7) is 5.56. The van der Waals surface area contributed by atoms with Crippen molar-refractivity contribution in [1.82, 2.24) is 0 Å². The monoisotopic (exact) mass is 236 g/mol. The summed E-state index contributed by atoms with van der Waals surface area (Å²) in [4.78, 5) is 12.8. The molecule has 0 saturated carbocycles. The van der Waals surface area contributed by atoms with Gasteiger partial charge < -0.3 is 4.74 Å². The van der Waals surface area contributed by atoms with E-state index in [-0.39, 0.29) is 5.97 Å². The maximum atomic E-state index is 11.7. The number of hydrogen-bond acceptors (Lipinski definition) is 3. The highest BCUT2D eigenvalue weighted by Crippen LogP contribution is 2.36.